The van der Waals surface area contributed by atoms with Gasteiger partial charge in [0.05, 0.1) is 5.69 Å². The Morgan fingerprint density at radius 1 is 1.15 bits per heavy atom. The minimum atomic E-state index is -1.13. The Bertz CT molecular complexity index is 502. The van der Waals surface area contributed by atoms with Crippen molar-refractivity contribution < 1.29 is 13.2 Å². The van der Waals surface area contributed by atoms with Crippen molar-refractivity contribution in [2.75, 3.05) is 18.0 Å². The molecule has 1 saturated heterocycles. The number of rotatable bonds is 3. The first-order chi connectivity index (χ1) is 9.60. The molecule has 2 unspecified atom stereocenters. The van der Waals surface area contributed by atoms with Crippen molar-refractivity contribution in [3.63, 3.8) is 0 Å². The number of piperazine rings is 1. The van der Waals surface area contributed by atoms with E-state index in [2.05, 4.69) is 5.32 Å². The Labute approximate surface area is 117 Å². The molecule has 1 saturated carbocycles. The fourth-order valence-electron chi connectivity index (χ4n) is 3.03. The lowest BCUT2D eigenvalue weighted by molar-refractivity contribution is 0.356. The molecule has 0 radical (unpaired) electrons. The van der Waals surface area contributed by atoms with Crippen molar-refractivity contribution in [1.29, 1.82) is 0 Å². The predicted molar refractivity (Wildman–Crippen MR) is 72.3 cm³/mol. The van der Waals surface area contributed by atoms with Gasteiger partial charge in [0.1, 0.15) is 5.82 Å². The van der Waals surface area contributed by atoms with E-state index in [9.17, 15) is 13.2 Å². The summed E-state index contributed by atoms with van der Waals surface area (Å²) in [5, 5.41) is 3.50. The average molecular weight is 284 g/mol. The van der Waals surface area contributed by atoms with Gasteiger partial charge < -0.3 is 10.2 Å². The molecule has 5 heteroatoms. The van der Waals surface area contributed by atoms with E-state index in [1.807, 2.05) is 11.8 Å². The molecule has 20 heavy (non-hydrogen) atoms. The fraction of sp³-hybridized carbons (Fsp3) is 0.600. The van der Waals surface area contributed by atoms with Crippen molar-refractivity contribution >= 4 is 5.69 Å². The van der Waals surface area contributed by atoms with Crippen LogP contribution in [-0.2, 0) is 0 Å². The molecule has 1 aliphatic heterocycles. The summed E-state index contributed by atoms with van der Waals surface area (Å²) in [6, 6.07) is 2.07. The van der Waals surface area contributed by atoms with Gasteiger partial charge in [-0.15, -0.1) is 0 Å². The average Bonchev–Trinajstić information content (AvgIpc) is 3.27. The van der Waals surface area contributed by atoms with Crippen molar-refractivity contribution in [3.8, 4) is 0 Å². The zero-order chi connectivity index (χ0) is 14.3. The first kappa shape index (κ1) is 13.7. The summed E-state index contributed by atoms with van der Waals surface area (Å²) in [6.07, 6.45) is 3.23. The molecular formula is C15H19F3N2. The van der Waals surface area contributed by atoms with E-state index in [1.54, 1.807) is 0 Å². The van der Waals surface area contributed by atoms with Gasteiger partial charge in [-0.25, -0.2) is 13.2 Å². The predicted octanol–water partition coefficient (Wildman–Crippen LogP) is 3.07. The summed E-state index contributed by atoms with van der Waals surface area (Å²) < 4.78 is 40.5. The molecule has 2 aliphatic rings. The molecule has 1 aromatic rings. The zero-order valence-electron chi connectivity index (χ0n) is 11.5. The molecule has 1 aliphatic carbocycles. The van der Waals surface area contributed by atoms with Crippen molar-refractivity contribution in [1.82, 2.24) is 5.32 Å². The lowest BCUT2D eigenvalue weighted by Gasteiger charge is -2.42. The van der Waals surface area contributed by atoms with Crippen LogP contribution >= 0.6 is 0 Å². The van der Waals surface area contributed by atoms with Gasteiger partial charge in [-0.3, -0.25) is 0 Å². The van der Waals surface area contributed by atoms with Crippen LogP contribution < -0.4 is 10.2 Å². The Balaban J connectivity index is 1.89. The number of anilines is 1. The van der Waals surface area contributed by atoms with Gasteiger partial charge in [-0.05, 0) is 25.2 Å². The lowest BCUT2D eigenvalue weighted by Crippen LogP contribution is -2.57. The topological polar surface area (TPSA) is 15.3 Å². The summed E-state index contributed by atoms with van der Waals surface area (Å²) in [4.78, 5) is 1.90. The van der Waals surface area contributed by atoms with E-state index < -0.39 is 17.5 Å². The van der Waals surface area contributed by atoms with Crippen LogP contribution in [0.5, 0.6) is 0 Å². The molecule has 3 rings (SSSR count). The maximum Gasteiger partial charge on any atom is 0.161 e. The third-order valence-electron chi connectivity index (χ3n) is 4.41. The smallest absolute Gasteiger partial charge is 0.161 e. The zero-order valence-corrected chi connectivity index (χ0v) is 11.5. The standard InChI is InChI=1S/C15H19F3N2/c1-2-10-7-19-14(9-3-4-9)8-20(10)15-6-12(17)11(16)5-13(15)18/h5-6,9-10,14,19H,2-4,7-8H2,1H3. The van der Waals surface area contributed by atoms with Gasteiger partial charge in [0, 0.05) is 37.3 Å². The van der Waals surface area contributed by atoms with Gasteiger partial charge >= 0.3 is 0 Å². The van der Waals surface area contributed by atoms with Crippen LogP contribution in [0, 0.1) is 23.4 Å². The van der Waals surface area contributed by atoms with Crippen LogP contribution in [0.3, 0.4) is 0 Å². The second-order valence-electron chi connectivity index (χ2n) is 5.78. The SMILES string of the molecule is CCC1CNC(C2CC2)CN1c1cc(F)c(F)cc1F. The molecule has 2 atom stereocenters. The number of hydrogen-bond donors (Lipinski definition) is 1. The Hall–Kier alpha value is -1.23. The number of nitrogens with one attached hydrogen (secondary N) is 1. The molecule has 0 bridgehead atoms. The van der Waals surface area contributed by atoms with Crippen molar-refractivity contribution in [2.24, 2.45) is 5.92 Å². The summed E-state index contributed by atoms with van der Waals surface area (Å²) >= 11 is 0. The molecule has 0 amide bonds. The number of halogens is 3. The van der Waals surface area contributed by atoms with Crippen LogP contribution in [0.4, 0.5) is 18.9 Å². The number of nitrogens with zero attached hydrogens (tertiary/aromatic N) is 1. The van der Waals surface area contributed by atoms with E-state index in [0.717, 1.165) is 19.0 Å². The third-order valence-corrected chi connectivity index (χ3v) is 4.41. The van der Waals surface area contributed by atoms with E-state index in [-0.39, 0.29) is 11.7 Å². The van der Waals surface area contributed by atoms with E-state index in [0.29, 0.717) is 24.6 Å². The summed E-state index contributed by atoms with van der Waals surface area (Å²) in [5.74, 6) is -2.16. The van der Waals surface area contributed by atoms with Crippen LogP contribution in [0.25, 0.3) is 0 Å². The molecule has 0 spiro atoms. The highest BCUT2D eigenvalue weighted by Gasteiger charge is 2.37. The highest BCUT2D eigenvalue weighted by molar-refractivity contribution is 5.50. The van der Waals surface area contributed by atoms with Gasteiger partial charge in [0.15, 0.2) is 11.6 Å². The van der Waals surface area contributed by atoms with E-state index in [1.165, 1.54) is 12.8 Å². The molecule has 2 nitrogen and oxygen atoms in total. The van der Waals surface area contributed by atoms with Gasteiger partial charge in [0.2, 0.25) is 0 Å². The quantitative estimate of drug-likeness (QED) is 0.858. The number of hydrogen-bond acceptors (Lipinski definition) is 2. The molecule has 1 aromatic carbocycles. The summed E-state index contributed by atoms with van der Waals surface area (Å²) in [6.45, 7) is 3.44. The van der Waals surface area contributed by atoms with Crippen molar-refractivity contribution in [2.45, 2.75) is 38.3 Å². The largest absolute Gasteiger partial charge is 0.363 e. The lowest BCUT2D eigenvalue weighted by atomic mass is 10.0. The van der Waals surface area contributed by atoms with E-state index in [4.69, 9.17) is 0 Å². The second-order valence-corrected chi connectivity index (χ2v) is 5.78. The molecule has 110 valence electrons. The normalized spacial score (nSPS) is 26.9. The third kappa shape index (κ3) is 2.51. The molecule has 1 N–H and O–H groups in total. The van der Waals surface area contributed by atoms with Crippen LogP contribution in [0.2, 0.25) is 0 Å². The van der Waals surface area contributed by atoms with E-state index >= 15 is 0 Å². The Kier molecular flexibility index (Phi) is 3.63. The fourth-order valence-corrected chi connectivity index (χ4v) is 3.03. The van der Waals surface area contributed by atoms with Crippen molar-refractivity contribution in [3.05, 3.63) is 29.6 Å². The highest BCUT2D eigenvalue weighted by atomic mass is 19.2. The van der Waals surface area contributed by atoms with Crippen LogP contribution in [0.15, 0.2) is 12.1 Å². The van der Waals surface area contributed by atoms with Gasteiger partial charge in [-0.1, -0.05) is 6.92 Å². The molecular weight excluding hydrogens is 265 g/mol. The summed E-state index contributed by atoms with van der Waals surface area (Å²) in [5.41, 5.74) is 0.183. The Morgan fingerprint density at radius 2 is 1.85 bits per heavy atom. The maximum atomic E-state index is 14.0. The first-order valence-corrected chi connectivity index (χ1v) is 7.24. The van der Waals surface area contributed by atoms with Crippen LogP contribution in [0.1, 0.15) is 26.2 Å². The summed E-state index contributed by atoms with van der Waals surface area (Å²) in [7, 11) is 0. The highest BCUT2D eigenvalue weighted by Crippen LogP contribution is 2.36. The molecule has 1 heterocycles. The minimum Gasteiger partial charge on any atom is -0.363 e. The molecule has 2 fully saturated rings. The maximum absolute atomic E-state index is 14.0. The Morgan fingerprint density at radius 3 is 2.50 bits per heavy atom. The second kappa shape index (κ2) is 5.28. The van der Waals surface area contributed by atoms with Crippen LogP contribution in [-0.4, -0.2) is 25.2 Å². The number of benzene rings is 1. The van der Waals surface area contributed by atoms with Gasteiger partial charge in [-0.2, -0.15) is 0 Å². The molecule has 0 aromatic heterocycles. The minimum absolute atomic E-state index is 0.115. The monoisotopic (exact) mass is 284 g/mol. The van der Waals surface area contributed by atoms with Gasteiger partial charge in [0.25, 0.3) is 0 Å². The first-order valence-electron chi connectivity index (χ1n) is 7.24.